The predicted octanol–water partition coefficient (Wildman–Crippen LogP) is 1.26. The third-order valence-electron chi connectivity index (χ3n) is 4.90. The van der Waals surface area contributed by atoms with Crippen molar-refractivity contribution in [2.45, 2.75) is 32.2 Å². The van der Waals surface area contributed by atoms with Gasteiger partial charge in [0, 0.05) is 25.2 Å². The van der Waals surface area contributed by atoms with E-state index in [9.17, 15) is 0 Å². The summed E-state index contributed by atoms with van der Waals surface area (Å²) in [6, 6.07) is 1.88. The minimum Gasteiger partial charge on any atom is -0.365 e. The normalized spacial score (nSPS) is 20.5. The first-order chi connectivity index (χ1) is 12.1. The van der Waals surface area contributed by atoms with Crippen LogP contribution >= 0.6 is 0 Å². The van der Waals surface area contributed by atoms with Gasteiger partial charge in [-0.25, -0.2) is 4.98 Å². The van der Waals surface area contributed by atoms with Gasteiger partial charge in [-0.1, -0.05) is 17.1 Å². The maximum Gasteiger partial charge on any atom is 0.234 e. The quantitative estimate of drug-likeness (QED) is 0.644. The van der Waals surface area contributed by atoms with Gasteiger partial charge in [0.25, 0.3) is 0 Å². The molecule has 3 aromatic rings. The van der Waals surface area contributed by atoms with E-state index < -0.39 is 0 Å². The molecule has 0 radical (unpaired) electrons. The summed E-state index contributed by atoms with van der Waals surface area (Å²) < 4.78 is 5.09. The monoisotopic (exact) mass is 342 g/mol. The molecule has 4 heterocycles. The molecule has 132 valence electrons. The maximum atomic E-state index is 6.63. The van der Waals surface area contributed by atoms with Gasteiger partial charge in [0.05, 0.1) is 18.6 Å². The van der Waals surface area contributed by atoms with Crippen LogP contribution in [0.5, 0.6) is 0 Å². The zero-order valence-electron chi connectivity index (χ0n) is 14.6. The molecule has 1 aliphatic rings. The second-order valence-corrected chi connectivity index (χ2v) is 6.85. The number of rotatable bonds is 5. The molecule has 0 bridgehead atoms. The number of anilines is 2. The predicted molar refractivity (Wildman–Crippen MR) is 95.5 cm³/mol. The third-order valence-corrected chi connectivity index (χ3v) is 4.90. The van der Waals surface area contributed by atoms with Crippen molar-refractivity contribution in [3.63, 3.8) is 0 Å². The number of aromatic amines is 2. The zero-order chi connectivity index (χ0) is 17.4. The highest BCUT2D eigenvalue weighted by atomic mass is 16.5. The summed E-state index contributed by atoms with van der Waals surface area (Å²) in [5.41, 5.74) is 8.49. The van der Waals surface area contributed by atoms with E-state index in [1.807, 2.05) is 19.2 Å². The van der Waals surface area contributed by atoms with Crippen LogP contribution in [0.3, 0.4) is 0 Å². The van der Waals surface area contributed by atoms with Crippen molar-refractivity contribution in [2.75, 3.05) is 29.9 Å². The molecule has 25 heavy (non-hydrogen) atoms. The molecular formula is C17H24N7O+. The number of hydrogen-bond donors (Lipinski definition) is 3. The van der Waals surface area contributed by atoms with E-state index in [0.717, 1.165) is 54.4 Å². The van der Waals surface area contributed by atoms with Gasteiger partial charge in [-0.05, 0) is 18.9 Å². The molecule has 0 aromatic carbocycles. The standard InChI is InChI=1S/C17H23N7O/c1-3-12-7-19-15-14(12)16(22-10-21-15)24-5-4-17(18,9-24)8-20-13-6-11(2)25-23-13/h6-7,10H,3-5,8-9,18H2,1-2H3,(H,20,23)(H,19,21,22)/p+1/t17-/m0/s1. The number of nitrogens with one attached hydrogen (secondary N) is 3. The first-order valence-corrected chi connectivity index (χ1v) is 8.66. The summed E-state index contributed by atoms with van der Waals surface area (Å²) in [5, 5.41) is 8.42. The van der Waals surface area contributed by atoms with Crippen LogP contribution in [0.4, 0.5) is 11.6 Å². The van der Waals surface area contributed by atoms with Crippen LogP contribution in [0.25, 0.3) is 11.0 Å². The van der Waals surface area contributed by atoms with Crippen LogP contribution in [0.2, 0.25) is 0 Å². The molecule has 5 N–H and O–H groups in total. The Morgan fingerprint density at radius 3 is 3.16 bits per heavy atom. The molecule has 3 aromatic heterocycles. The fourth-order valence-corrected chi connectivity index (χ4v) is 3.52. The molecule has 0 spiro atoms. The molecule has 0 aliphatic carbocycles. The van der Waals surface area contributed by atoms with Crippen LogP contribution < -0.4 is 20.9 Å². The van der Waals surface area contributed by atoms with E-state index in [-0.39, 0.29) is 5.54 Å². The number of nitrogens with two attached hydrogens (primary N) is 1. The number of aromatic nitrogens is 4. The summed E-state index contributed by atoms with van der Waals surface area (Å²) in [5.74, 6) is 2.61. The smallest absolute Gasteiger partial charge is 0.234 e. The van der Waals surface area contributed by atoms with E-state index >= 15 is 0 Å². The minimum atomic E-state index is -0.320. The number of nitrogens with zero attached hydrogens (tertiary/aromatic N) is 3. The van der Waals surface area contributed by atoms with E-state index in [1.54, 1.807) is 6.33 Å². The van der Waals surface area contributed by atoms with Gasteiger partial charge in [-0.15, -0.1) is 0 Å². The Labute approximate surface area is 145 Å². The molecule has 0 unspecified atom stereocenters. The third kappa shape index (κ3) is 2.93. The van der Waals surface area contributed by atoms with Gasteiger partial charge in [0.2, 0.25) is 17.8 Å². The summed E-state index contributed by atoms with van der Waals surface area (Å²) in [7, 11) is 0. The lowest BCUT2D eigenvalue weighted by Crippen LogP contribution is -2.49. The average Bonchev–Trinajstić information content (AvgIpc) is 3.31. The Kier molecular flexibility index (Phi) is 3.84. The Hall–Kier alpha value is -2.61. The Bertz CT molecular complexity index is 886. The van der Waals surface area contributed by atoms with Crippen molar-refractivity contribution in [3.05, 3.63) is 29.9 Å². The summed E-state index contributed by atoms with van der Waals surface area (Å²) in [6.45, 7) is 6.35. The van der Waals surface area contributed by atoms with Crippen LogP contribution in [0.15, 0.2) is 23.1 Å². The Balaban J connectivity index is 1.53. The first-order valence-electron chi connectivity index (χ1n) is 8.66. The largest absolute Gasteiger partial charge is 0.365 e. The lowest BCUT2D eigenvalue weighted by molar-refractivity contribution is -0.366. The van der Waals surface area contributed by atoms with Crippen LogP contribution in [-0.4, -0.2) is 40.3 Å². The van der Waals surface area contributed by atoms with E-state index in [1.165, 1.54) is 5.56 Å². The first kappa shape index (κ1) is 15.9. The molecular weight excluding hydrogens is 318 g/mol. The van der Waals surface area contributed by atoms with Crippen molar-refractivity contribution in [1.82, 2.24) is 15.1 Å². The van der Waals surface area contributed by atoms with Gasteiger partial charge in [-0.3, -0.25) is 4.90 Å². The zero-order valence-corrected chi connectivity index (χ0v) is 14.6. The topological polar surface area (TPSA) is 110 Å². The van der Waals surface area contributed by atoms with Crippen LogP contribution in [0, 0.1) is 6.92 Å². The van der Waals surface area contributed by atoms with Gasteiger partial charge >= 0.3 is 0 Å². The number of H-pyrrole nitrogens is 2. The van der Waals surface area contributed by atoms with Crippen LogP contribution in [0.1, 0.15) is 24.7 Å². The molecule has 1 saturated heterocycles. The van der Waals surface area contributed by atoms with Crippen molar-refractivity contribution in [3.8, 4) is 0 Å². The van der Waals surface area contributed by atoms with Crippen molar-refractivity contribution in [2.24, 2.45) is 5.73 Å². The number of hydrogen-bond acceptors (Lipinski definition) is 6. The number of aryl methyl sites for hydroxylation is 2. The Morgan fingerprint density at radius 2 is 2.40 bits per heavy atom. The number of fused-ring (bicyclic) bond motifs is 1. The van der Waals surface area contributed by atoms with Crippen molar-refractivity contribution < 1.29 is 9.51 Å². The fourth-order valence-electron chi connectivity index (χ4n) is 3.52. The van der Waals surface area contributed by atoms with E-state index in [4.69, 9.17) is 10.3 Å². The van der Waals surface area contributed by atoms with Crippen molar-refractivity contribution >= 4 is 22.7 Å². The molecule has 4 rings (SSSR count). The summed E-state index contributed by atoms with van der Waals surface area (Å²) in [4.78, 5) is 13.3. The molecule has 1 fully saturated rings. The highest BCUT2D eigenvalue weighted by molar-refractivity contribution is 5.89. The highest BCUT2D eigenvalue weighted by Crippen LogP contribution is 2.29. The lowest BCUT2D eigenvalue weighted by atomic mass is 10.0. The SMILES string of the molecule is CCc1c[nH]c2nc[nH+]c(N3CC[C@](N)(CNc4cc(C)on4)C3)c12. The van der Waals surface area contributed by atoms with Crippen LogP contribution in [-0.2, 0) is 6.42 Å². The lowest BCUT2D eigenvalue weighted by Gasteiger charge is -2.23. The average molecular weight is 342 g/mol. The molecule has 8 nitrogen and oxygen atoms in total. The van der Waals surface area contributed by atoms with Gasteiger partial charge in [0.15, 0.2) is 5.82 Å². The molecule has 8 heteroatoms. The molecule has 1 atom stereocenters. The van der Waals surface area contributed by atoms with E-state index in [0.29, 0.717) is 6.54 Å². The van der Waals surface area contributed by atoms with Gasteiger partial charge < -0.3 is 20.6 Å². The maximum absolute atomic E-state index is 6.63. The highest BCUT2D eigenvalue weighted by Gasteiger charge is 2.39. The van der Waals surface area contributed by atoms with E-state index in [2.05, 4.69) is 37.2 Å². The second-order valence-electron chi connectivity index (χ2n) is 6.85. The summed E-state index contributed by atoms with van der Waals surface area (Å²) in [6.07, 6.45) is 5.64. The Morgan fingerprint density at radius 1 is 1.52 bits per heavy atom. The molecule has 0 saturated carbocycles. The van der Waals surface area contributed by atoms with Gasteiger partial charge in [-0.2, -0.15) is 0 Å². The molecule has 0 amide bonds. The fraction of sp³-hybridized carbons (Fsp3) is 0.471. The summed E-state index contributed by atoms with van der Waals surface area (Å²) >= 11 is 0. The second kappa shape index (κ2) is 6.03. The molecule has 1 aliphatic heterocycles. The minimum absolute atomic E-state index is 0.320. The van der Waals surface area contributed by atoms with Crippen molar-refractivity contribution in [1.29, 1.82) is 0 Å². The van der Waals surface area contributed by atoms with Gasteiger partial charge in [0.1, 0.15) is 11.1 Å².